The fourth-order valence-corrected chi connectivity index (χ4v) is 2.40. The topological polar surface area (TPSA) is 88.3 Å². The van der Waals surface area contributed by atoms with Gasteiger partial charge in [-0.2, -0.15) is 0 Å². The summed E-state index contributed by atoms with van der Waals surface area (Å²) in [6, 6.07) is 6.57. The van der Waals surface area contributed by atoms with Gasteiger partial charge in [-0.15, -0.1) is 0 Å². The summed E-state index contributed by atoms with van der Waals surface area (Å²) in [4.78, 5) is 14.7. The second-order valence-corrected chi connectivity index (χ2v) is 5.44. The van der Waals surface area contributed by atoms with E-state index in [0.29, 0.717) is 16.8 Å². The largest absolute Gasteiger partial charge is 0.394 e. The Bertz CT molecular complexity index is 643. The summed E-state index contributed by atoms with van der Waals surface area (Å²) in [6.07, 6.45) is 2.35. The summed E-state index contributed by atoms with van der Waals surface area (Å²) in [5.74, 6) is 0.442. The van der Waals surface area contributed by atoms with Crippen molar-refractivity contribution >= 4 is 22.3 Å². The van der Waals surface area contributed by atoms with E-state index >= 15 is 0 Å². The summed E-state index contributed by atoms with van der Waals surface area (Å²) < 4.78 is 0. The fourth-order valence-electron chi connectivity index (χ4n) is 2.40. The van der Waals surface area contributed by atoms with Gasteiger partial charge >= 0.3 is 0 Å². The van der Waals surface area contributed by atoms with Crippen molar-refractivity contribution in [1.29, 1.82) is 0 Å². The van der Waals surface area contributed by atoms with Gasteiger partial charge < -0.3 is 10.4 Å². The summed E-state index contributed by atoms with van der Waals surface area (Å²) in [5.41, 5.74) is 1.10. The summed E-state index contributed by atoms with van der Waals surface area (Å²) in [7, 11) is 0. The SMILES string of the molecule is CC(C)CC(CO)Nc1ccc([N+](=O)[O-])c2ncccc12. The predicted molar refractivity (Wildman–Crippen MR) is 82.3 cm³/mol. The van der Waals surface area contributed by atoms with Crippen molar-refractivity contribution in [3.8, 4) is 0 Å². The van der Waals surface area contributed by atoms with Crippen LogP contribution in [0.4, 0.5) is 11.4 Å². The van der Waals surface area contributed by atoms with E-state index in [1.807, 2.05) is 0 Å². The number of benzene rings is 1. The molecule has 2 rings (SSSR count). The van der Waals surface area contributed by atoms with Crippen LogP contribution in [0.25, 0.3) is 10.9 Å². The molecular weight excluding hydrogens is 270 g/mol. The molecule has 2 aromatic rings. The number of hydrogen-bond donors (Lipinski definition) is 2. The lowest BCUT2D eigenvalue weighted by atomic mass is 10.0. The fraction of sp³-hybridized carbons (Fsp3) is 0.400. The van der Waals surface area contributed by atoms with E-state index in [2.05, 4.69) is 24.1 Å². The summed E-state index contributed by atoms with van der Waals surface area (Å²) in [6.45, 7) is 4.18. The highest BCUT2D eigenvalue weighted by molar-refractivity contribution is 5.96. The normalized spacial score (nSPS) is 12.6. The van der Waals surface area contributed by atoms with Gasteiger partial charge in [0.25, 0.3) is 5.69 Å². The van der Waals surface area contributed by atoms with E-state index in [9.17, 15) is 15.2 Å². The van der Waals surface area contributed by atoms with E-state index in [0.717, 1.165) is 12.1 Å². The monoisotopic (exact) mass is 289 g/mol. The molecule has 0 saturated heterocycles. The van der Waals surface area contributed by atoms with Crippen molar-refractivity contribution < 1.29 is 10.0 Å². The first-order valence-electron chi connectivity index (χ1n) is 6.92. The number of nitrogens with zero attached hydrogens (tertiary/aromatic N) is 2. The third kappa shape index (κ3) is 3.46. The molecule has 0 saturated carbocycles. The zero-order valence-corrected chi connectivity index (χ0v) is 12.1. The van der Waals surface area contributed by atoms with Crippen LogP contribution in [0.3, 0.4) is 0 Å². The molecule has 0 fully saturated rings. The highest BCUT2D eigenvalue weighted by Gasteiger charge is 2.17. The van der Waals surface area contributed by atoms with Gasteiger partial charge in [-0.3, -0.25) is 10.1 Å². The van der Waals surface area contributed by atoms with Crippen molar-refractivity contribution in [3.05, 3.63) is 40.6 Å². The maximum absolute atomic E-state index is 11.1. The maximum atomic E-state index is 11.1. The third-order valence-electron chi connectivity index (χ3n) is 3.28. The molecule has 0 aliphatic heterocycles. The number of nitro benzene ring substituents is 1. The molecule has 21 heavy (non-hydrogen) atoms. The highest BCUT2D eigenvalue weighted by Crippen LogP contribution is 2.30. The number of rotatable bonds is 6. The molecule has 1 aromatic carbocycles. The molecule has 0 bridgehead atoms. The Morgan fingerprint density at radius 2 is 2.14 bits per heavy atom. The third-order valence-corrected chi connectivity index (χ3v) is 3.28. The smallest absolute Gasteiger partial charge is 0.295 e. The Morgan fingerprint density at radius 1 is 1.38 bits per heavy atom. The van der Waals surface area contributed by atoms with E-state index in [1.54, 1.807) is 18.2 Å². The molecule has 0 aliphatic carbocycles. The van der Waals surface area contributed by atoms with Gasteiger partial charge in [0.15, 0.2) is 0 Å². The van der Waals surface area contributed by atoms with Crippen molar-refractivity contribution in [2.75, 3.05) is 11.9 Å². The zero-order valence-electron chi connectivity index (χ0n) is 12.1. The lowest BCUT2D eigenvalue weighted by Crippen LogP contribution is -2.25. The number of nitro groups is 1. The Morgan fingerprint density at radius 3 is 2.76 bits per heavy atom. The van der Waals surface area contributed by atoms with Gasteiger partial charge in [0.05, 0.1) is 11.5 Å². The van der Waals surface area contributed by atoms with Crippen molar-refractivity contribution in [3.63, 3.8) is 0 Å². The van der Waals surface area contributed by atoms with Crippen LogP contribution in [0.1, 0.15) is 20.3 Å². The molecule has 1 atom stereocenters. The van der Waals surface area contributed by atoms with Gasteiger partial charge in [0, 0.05) is 29.4 Å². The van der Waals surface area contributed by atoms with Crippen LogP contribution in [-0.4, -0.2) is 27.7 Å². The molecule has 1 unspecified atom stereocenters. The summed E-state index contributed by atoms with van der Waals surface area (Å²) in [5, 5.41) is 24.5. The molecule has 0 radical (unpaired) electrons. The van der Waals surface area contributed by atoms with Crippen molar-refractivity contribution in [1.82, 2.24) is 4.98 Å². The number of anilines is 1. The molecule has 1 heterocycles. The van der Waals surface area contributed by atoms with Crippen LogP contribution in [0.5, 0.6) is 0 Å². The number of non-ortho nitro benzene ring substituents is 1. The first kappa shape index (κ1) is 15.2. The van der Waals surface area contributed by atoms with Gasteiger partial charge in [0.1, 0.15) is 5.52 Å². The van der Waals surface area contributed by atoms with Crippen LogP contribution in [0.2, 0.25) is 0 Å². The molecule has 6 heteroatoms. The van der Waals surface area contributed by atoms with Crippen LogP contribution >= 0.6 is 0 Å². The maximum Gasteiger partial charge on any atom is 0.295 e. The van der Waals surface area contributed by atoms with Gasteiger partial charge in [-0.25, -0.2) is 4.98 Å². The van der Waals surface area contributed by atoms with Crippen LogP contribution in [0.15, 0.2) is 30.5 Å². The highest BCUT2D eigenvalue weighted by atomic mass is 16.6. The number of pyridine rings is 1. The minimum Gasteiger partial charge on any atom is -0.394 e. The number of aromatic nitrogens is 1. The molecule has 112 valence electrons. The van der Waals surface area contributed by atoms with E-state index in [1.165, 1.54) is 12.3 Å². The number of hydrogen-bond acceptors (Lipinski definition) is 5. The Balaban J connectivity index is 2.41. The van der Waals surface area contributed by atoms with E-state index in [4.69, 9.17) is 0 Å². The molecular formula is C15H19N3O3. The van der Waals surface area contributed by atoms with Crippen LogP contribution in [0, 0.1) is 16.0 Å². The standard InChI is InChI=1S/C15H19N3O3/c1-10(2)8-11(9-19)17-13-5-6-14(18(20)21)15-12(13)4-3-7-16-15/h3-7,10-11,17,19H,8-9H2,1-2H3. The van der Waals surface area contributed by atoms with Crippen molar-refractivity contribution in [2.24, 2.45) is 5.92 Å². The van der Waals surface area contributed by atoms with Gasteiger partial charge in [0.2, 0.25) is 0 Å². The minimum absolute atomic E-state index is 0.0108. The quantitative estimate of drug-likeness (QED) is 0.630. The first-order chi connectivity index (χ1) is 10.0. The van der Waals surface area contributed by atoms with E-state index in [-0.39, 0.29) is 18.3 Å². The number of nitrogens with one attached hydrogen (secondary N) is 1. The van der Waals surface area contributed by atoms with E-state index < -0.39 is 4.92 Å². The zero-order chi connectivity index (χ0) is 15.4. The average Bonchev–Trinajstić information content (AvgIpc) is 2.46. The second kappa shape index (κ2) is 6.49. The van der Waals surface area contributed by atoms with Crippen LogP contribution < -0.4 is 5.32 Å². The van der Waals surface area contributed by atoms with Gasteiger partial charge in [-0.05, 0) is 30.5 Å². The minimum atomic E-state index is -0.434. The Kier molecular flexibility index (Phi) is 4.70. The first-order valence-corrected chi connectivity index (χ1v) is 6.92. The Labute approximate surface area is 123 Å². The number of fused-ring (bicyclic) bond motifs is 1. The van der Waals surface area contributed by atoms with Crippen molar-refractivity contribution in [2.45, 2.75) is 26.3 Å². The summed E-state index contributed by atoms with van der Waals surface area (Å²) >= 11 is 0. The molecule has 2 N–H and O–H groups in total. The molecule has 0 amide bonds. The molecule has 1 aromatic heterocycles. The molecule has 0 aliphatic rings. The average molecular weight is 289 g/mol. The molecule has 6 nitrogen and oxygen atoms in total. The second-order valence-electron chi connectivity index (χ2n) is 5.44. The lowest BCUT2D eigenvalue weighted by molar-refractivity contribution is -0.383. The van der Waals surface area contributed by atoms with Gasteiger partial charge in [-0.1, -0.05) is 13.8 Å². The van der Waals surface area contributed by atoms with Crippen LogP contribution in [-0.2, 0) is 0 Å². The number of aliphatic hydroxyl groups is 1. The Hall–Kier alpha value is -2.21. The molecule has 0 spiro atoms. The number of aliphatic hydroxyl groups excluding tert-OH is 1. The lowest BCUT2D eigenvalue weighted by Gasteiger charge is -2.20. The predicted octanol–water partition coefficient (Wildman–Crippen LogP) is 2.96.